The van der Waals surface area contributed by atoms with Gasteiger partial charge in [-0.05, 0) is 17.5 Å². The maximum absolute atomic E-state index is 12.1. The van der Waals surface area contributed by atoms with Crippen molar-refractivity contribution in [1.29, 1.82) is 0 Å². The van der Waals surface area contributed by atoms with Crippen LogP contribution in [0.3, 0.4) is 0 Å². The Morgan fingerprint density at radius 3 is 2.86 bits per heavy atom. The average Bonchev–Trinajstić information content (AvgIpc) is 3.12. The fourth-order valence-corrected chi connectivity index (χ4v) is 4.48. The number of fused-ring (bicyclic) bond motifs is 1. The van der Waals surface area contributed by atoms with Gasteiger partial charge in [-0.2, -0.15) is 0 Å². The lowest BCUT2D eigenvalue weighted by Crippen LogP contribution is -2.21. The normalized spacial score (nSPS) is 12.1. The second-order valence-electron chi connectivity index (χ2n) is 4.60. The Morgan fingerprint density at radius 2 is 2.18 bits per heavy atom. The monoisotopic (exact) mass is 356 g/mol. The first-order valence-electron chi connectivity index (χ1n) is 6.14. The summed E-state index contributed by atoms with van der Waals surface area (Å²) < 4.78 is 26.1. The van der Waals surface area contributed by atoms with Crippen LogP contribution in [-0.2, 0) is 10.0 Å². The first kappa shape index (κ1) is 15.2. The van der Waals surface area contributed by atoms with Gasteiger partial charge in [-0.25, -0.2) is 17.7 Å². The number of aromatic amines is 1. The fourth-order valence-electron chi connectivity index (χ4n) is 1.75. The number of rotatable bonds is 4. The Labute approximate surface area is 134 Å². The maximum Gasteiger partial charge on any atom is 0.273 e. The molecule has 0 aliphatic carbocycles. The molecule has 0 bridgehead atoms. The van der Waals surface area contributed by atoms with E-state index in [2.05, 4.69) is 15.3 Å². The number of nitrogens with zero attached hydrogens (tertiary/aromatic N) is 2. The predicted octanol–water partition coefficient (Wildman–Crippen LogP) is 2.19. The highest BCUT2D eigenvalue weighted by atomic mass is 32.2. The molecule has 3 heterocycles. The van der Waals surface area contributed by atoms with Crippen molar-refractivity contribution in [2.45, 2.75) is 4.90 Å². The second kappa shape index (κ2) is 5.47. The minimum absolute atomic E-state index is 0.0442. The molecule has 0 radical (unpaired) electrons. The highest BCUT2D eigenvalue weighted by molar-refractivity contribution is 7.89. The van der Waals surface area contributed by atoms with Crippen LogP contribution in [0.15, 0.2) is 28.6 Å². The highest BCUT2D eigenvalue weighted by Crippen LogP contribution is 2.30. The number of anilines is 1. The average molecular weight is 356 g/mol. The predicted molar refractivity (Wildman–Crippen MR) is 87.1 cm³/mol. The maximum atomic E-state index is 12.1. The molecular weight excluding hydrogens is 344 g/mol. The third kappa shape index (κ3) is 2.65. The van der Waals surface area contributed by atoms with Crippen LogP contribution in [-0.4, -0.2) is 42.7 Å². The van der Waals surface area contributed by atoms with Crippen molar-refractivity contribution in [1.82, 2.24) is 14.3 Å². The van der Waals surface area contributed by atoms with E-state index in [1.54, 1.807) is 11.3 Å². The lowest BCUT2D eigenvalue weighted by molar-refractivity contribution is 0.102. The van der Waals surface area contributed by atoms with Crippen LogP contribution >= 0.6 is 22.7 Å². The van der Waals surface area contributed by atoms with Gasteiger partial charge >= 0.3 is 0 Å². The molecule has 7 nitrogen and oxygen atoms in total. The van der Waals surface area contributed by atoms with Crippen LogP contribution < -0.4 is 5.32 Å². The molecule has 116 valence electrons. The highest BCUT2D eigenvalue weighted by Gasteiger charge is 2.21. The Balaban J connectivity index is 1.81. The lowest BCUT2D eigenvalue weighted by Gasteiger charge is -2.08. The zero-order chi connectivity index (χ0) is 15.9. The molecule has 1 amide bonds. The number of aromatic nitrogens is 2. The summed E-state index contributed by atoms with van der Waals surface area (Å²) in [7, 11) is -0.693. The molecule has 0 atom stereocenters. The molecule has 3 aromatic heterocycles. The van der Waals surface area contributed by atoms with E-state index >= 15 is 0 Å². The Hall–Kier alpha value is -1.75. The molecule has 0 spiro atoms. The lowest BCUT2D eigenvalue weighted by atomic mass is 10.4. The third-order valence-electron chi connectivity index (χ3n) is 2.92. The van der Waals surface area contributed by atoms with Crippen LogP contribution in [0.25, 0.3) is 9.53 Å². The molecule has 0 aliphatic rings. The minimum atomic E-state index is -3.56. The van der Waals surface area contributed by atoms with Crippen molar-refractivity contribution in [3.05, 3.63) is 29.4 Å². The van der Waals surface area contributed by atoms with Crippen molar-refractivity contribution in [2.24, 2.45) is 0 Å². The van der Waals surface area contributed by atoms with Crippen LogP contribution in [0, 0.1) is 0 Å². The van der Waals surface area contributed by atoms with Gasteiger partial charge in [-0.15, -0.1) is 11.3 Å². The van der Waals surface area contributed by atoms with Crippen molar-refractivity contribution in [2.75, 3.05) is 19.4 Å². The van der Waals surface area contributed by atoms with E-state index in [1.807, 2.05) is 11.4 Å². The molecule has 22 heavy (non-hydrogen) atoms. The molecule has 0 aromatic carbocycles. The summed E-state index contributed by atoms with van der Waals surface area (Å²) in [5.74, 6) is -0.429. The van der Waals surface area contributed by atoms with Crippen LogP contribution in [0.5, 0.6) is 0 Å². The van der Waals surface area contributed by atoms with Crippen molar-refractivity contribution < 1.29 is 13.2 Å². The van der Waals surface area contributed by atoms with Gasteiger partial charge in [0.1, 0.15) is 14.6 Å². The number of hydrogen-bond donors (Lipinski definition) is 2. The van der Waals surface area contributed by atoms with Gasteiger partial charge in [0, 0.05) is 20.3 Å². The zero-order valence-electron chi connectivity index (χ0n) is 11.7. The molecule has 0 unspecified atom stereocenters. The van der Waals surface area contributed by atoms with Crippen LogP contribution in [0.4, 0.5) is 5.13 Å². The summed E-state index contributed by atoms with van der Waals surface area (Å²) in [5, 5.41) is 5.08. The van der Waals surface area contributed by atoms with E-state index in [-0.39, 0.29) is 10.6 Å². The second-order valence-corrected chi connectivity index (χ2v) is 8.93. The molecule has 10 heteroatoms. The Morgan fingerprint density at radius 1 is 1.41 bits per heavy atom. The van der Waals surface area contributed by atoms with E-state index in [0.717, 1.165) is 13.8 Å². The van der Waals surface area contributed by atoms with Gasteiger partial charge in [-0.3, -0.25) is 10.1 Å². The molecule has 3 aromatic rings. The van der Waals surface area contributed by atoms with Crippen LogP contribution in [0.2, 0.25) is 0 Å². The number of hydrogen-bond acceptors (Lipinski definition) is 6. The first-order valence-corrected chi connectivity index (χ1v) is 9.28. The van der Waals surface area contributed by atoms with Crippen molar-refractivity contribution in [3.63, 3.8) is 0 Å². The fraction of sp³-hybridized carbons (Fsp3) is 0.167. The summed E-state index contributed by atoms with van der Waals surface area (Å²) in [5.41, 5.74) is 1.01. The van der Waals surface area contributed by atoms with Crippen molar-refractivity contribution >= 4 is 53.3 Å². The van der Waals surface area contributed by atoms with E-state index in [4.69, 9.17) is 0 Å². The van der Waals surface area contributed by atoms with Gasteiger partial charge in [-0.1, -0.05) is 11.3 Å². The number of thiazole rings is 1. The number of sulfonamides is 1. The standard InChI is InChI=1S/C12H12N4O3S3/c1-16(2)22(18,19)7-5-9(13-6-7)10(17)15-12-14-8-3-4-20-11(8)21-12/h3-6,13H,1-2H3,(H,14,15,17). The number of carbonyl (C=O) groups is 1. The van der Waals surface area contributed by atoms with E-state index in [0.29, 0.717) is 5.13 Å². The van der Waals surface area contributed by atoms with Crippen LogP contribution in [0.1, 0.15) is 10.5 Å². The molecule has 2 N–H and O–H groups in total. The van der Waals surface area contributed by atoms with E-state index in [1.165, 1.54) is 37.7 Å². The Bertz CT molecular complexity index is 907. The van der Waals surface area contributed by atoms with E-state index < -0.39 is 15.9 Å². The van der Waals surface area contributed by atoms with Gasteiger partial charge in [0.05, 0.1) is 5.52 Å². The zero-order valence-corrected chi connectivity index (χ0v) is 14.1. The largest absolute Gasteiger partial charge is 0.356 e. The molecule has 0 fully saturated rings. The minimum Gasteiger partial charge on any atom is -0.356 e. The smallest absolute Gasteiger partial charge is 0.273 e. The molecule has 0 aliphatic heterocycles. The van der Waals surface area contributed by atoms with Gasteiger partial charge in [0.15, 0.2) is 5.13 Å². The topological polar surface area (TPSA) is 95.2 Å². The first-order chi connectivity index (χ1) is 10.4. The summed E-state index contributed by atoms with van der Waals surface area (Å²) in [4.78, 5) is 19.1. The summed E-state index contributed by atoms with van der Waals surface area (Å²) in [6, 6.07) is 3.18. The third-order valence-corrected chi connectivity index (χ3v) is 6.73. The number of amides is 1. The summed E-state index contributed by atoms with van der Waals surface area (Å²) in [6.45, 7) is 0. The Kier molecular flexibility index (Phi) is 3.77. The molecule has 0 saturated heterocycles. The summed E-state index contributed by atoms with van der Waals surface area (Å²) in [6.07, 6.45) is 1.30. The quantitative estimate of drug-likeness (QED) is 0.749. The summed E-state index contributed by atoms with van der Waals surface area (Å²) >= 11 is 2.93. The van der Waals surface area contributed by atoms with Gasteiger partial charge in [0.25, 0.3) is 5.91 Å². The number of carbonyl (C=O) groups excluding carboxylic acids is 1. The number of H-pyrrole nitrogens is 1. The van der Waals surface area contributed by atoms with Gasteiger partial charge < -0.3 is 4.98 Å². The van der Waals surface area contributed by atoms with E-state index in [9.17, 15) is 13.2 Å². The van der Waals surface area contributed by atoms with Gasteiger partial charge in [0.2, 0.25) is 10.0 Å². The molecule has 0 saturated carbocycles. The number of nitrogens with one attached hydrogen (secondary N) is 2. The molecular formula is C12H12N4O3S3. The SMILES string of the molecule is CN(C)S(=O)(=O)c1c[nH]c(C(=O)Nc2nc3ccsc3s2)c1. The molecule has 3 rings (SSSR count). The van der Waals surface area contributed by atoms with Crippen molar-refractivity contribution in [3.8, 4) is 0 Å². The number of thiophene rings is 1.